The number of methoxy groups -OCH3 is 1. The number of para-hydroxylation sites is 1. The third kappa shape index (κ3) is 6.33. The molecule has 1 saturated carbocycles. The maximum absolute atomic E-state index is 12.7. The van der Waals surface area contributed by atoms with E-state index in [9.17, 15) is 14.4 Å². The Hall–Kier alpha value is -3.35. The second-order valence-electron chi connectivity index (χ2n) is 8.13. The molecule has 0 spiro atoms. The third-order valence-electron chi connectivity index (χ3n) is 6.00. The van der Waals surface area contributed by atoms with E-state index in [1.165, 1.54) is 0 Å². The number of anilines is 1. The second kappa shape index (κ2) is 11.3. The fraction of sp³-hybridized carbons (Fsp3) is 0.400. The zero-order chi connectivity index (χ0) is 22.9. The molecule has 0 aromatic heterocycles. The first kappa shape index (κ1) is 23.3. The molecule has 3 amide bonds. The summed E-state index contributed by atoms with van der Waals surface area (Å²) in [6.07, 6.45) is 5.07. The van der Waals surface area contributed by atoms with Crippen LogP contribution in [-0.4, -0.2) is 30.9 Å². The Bertz CT molecular complexity index is 934. The molecular weight excluding hydrogens is 406 g/mol. The van der Waals surface area contributed by atoms with Gasteiger partial charge in [0.25, 0.3) is 5.91 Å². The molecule has 3 N–H and O–H groups in total. The second-order valence-corrected chi connectivity index (χ2v) is 8.13. The Labute approximate surface area is 188 Å². The Balaban J connectivity index is 1.56. The van der Waals surface area contributed by atoms with Gasteiger partial charge >= 0.3 is 11.8 Å². The monoisotopic (exact) mass is 437 g/mol. The number of benzene rings is 2. The normalized spacial score (nSPS) is 17.8. The van der Waals surface area contributed by atoms with Crippen LogP contribution in [0.15, 0.2) is 48.5 Å². The Morgan fingerprint density at radius 3 is 2.28 bits per heavy atom. The summed E-state index contributed by atoms with van der Waals surface area (Å²) >= 11 is 0. The SMILES string of the molecule is CCC1CCC(NC(=O)C(=O)Nc2ccccc2C(=O)NCc2ccc(OC)cc2)CC1. The molecule has 2 aromatic carbocycles. The predicted octanol–water partition coefficient (Wildman–Crippen LogP) is 3.65. The summed E-state index contributed by atoms with van der Waals surface area (Å²) in [6, 6.07) is 14.0. The van der Waals surface area contributed by atoms with Gasteiger partial charge in [-0.15, -0.1) is 0 Å². The fourth-order valence-corrected chi connectivity index (χ4v) is 3.96. The van der Waals surface area contributed by atoms with Gasteiger partial charge in [-0.3, -0.25) is 14.4 Å². The van der Waals surface area contributed by atoms with Crippen molar-refractivity contribution in [2.75, 3.05) is 12.4 Å². The van der Waals surface area contributed by atoms with Gasteiger partial charge in [-0.1, -0.05) is 37.6 Å². The average Bonchev–Trinajstić information content (AvgIpc) is 2.83. The molecule has 32 heavy (non-hydrogen) atoms. The summed E-state index contributed by atoms with van der Waals surface area (Å²) in [5.41, 5.74) is 1.51. The molecule has 0 radical (unpaired) electrons. The molecule has 0 unspecified atom stereocenters. The molecule has 3 rings (SSSR count). The summed E-state index contributed by atoms with van der Waals surface area (Å²) in [5, 5.41) is 8.25. The minimum atomic E-state index is -0.766. The van der Waals surface area contributed by atoms with Crippen LogP contribution in [0.25, 0.3) is 0 Å². The highest BCUT2D eigenvalue weighted by Crippen LogP contribution is 2.26. The van der Waals surface area contributed by atoms with Crippen molar-refractivity contribution in [3.05, 3.63) is 59.7 Å². The maximum Gasteiger partial charge on any atom is 0.313 e. The smallest absolute Gasteiger partial charge is 0.313 e. The average molecular weight is 438 g/mol. The van der Waals surface area contributed by atoms with Gasteiger partial charge in [0.1, 0.15) is 5.75 Å². The summed E-state index contributed by atoms with van der Waals surface area (Å²) in [4.78, 5) is 37.5. The Morgan fingerprint density at radius 2 is 1.62 bits per heavy atom. The predicted molar refractivity (Wildman–Crippen MR) is 123 cm³/mol. The van der Waals surface area contributed by atoms with Crippen LogP contribution in [0.1, 0.15) is 54.9 Å². The number of rotatable bonds is 7. The van der Waals surface area contributed by atoms with Crippen LogP contribution < -0.4 is 20.7 Å². The van der Waals surface area contributed by atoms with Crippen LogP contribution in [0, 0.1) is 5.92 Å². The molecule has 170 valence electrons. The molecule has 0 heterocycles. The third-order valence-corrected chi connectivity index (χ3v) is 6.00. The van der Waals surface area contributed by atoms with Crippen molar-refractivity contribution in [3.8, 4) is 5.75 Å². The maximum atomic E-state index is 12.7. The molecule has 2 aromatic rings. The van der Waals surface area contributed by atoms with E-state index < -0.39 is 11.8 Å². The molecule has 1 fully saturated rings. The van der Waals surface area contributed by atoms with E-state index in [0.717, 1.165) is 43.4 Å². The lowest BCUT2D eigenvalue weighted by Gasteiger charge is -2.28. The van der Waals surface area contributed by atoms with Gasteiger partial charge in [-0.05, 0) is 61.4 Å². The fourth-order valence-electron chi connectivity index (χ4n) is 3.96. The zero-order valence-electron chi connectivity index (χ0n) is 18.6. The van der Waals surface area contributed by atoms with Crippen molar-refractivity contribution < 1.29 is 19.1 Å². The van der Waals surface area contributed by atoms with Gasteiger partial charge in [0.05, 0.1) is 18.4 Å². The number of hydrogen-bond donors (Lipinski definition) is 3. The number of carbonyl (C=O) groups is 3. The van der Waals surface area contributed by atoms with E-state index >= 15 is 0 Å². The van der Waals surface area contributed by atoms with Gasteiger partial charge in [0.15, 0.2) is 0 Å². The quantitative estimate of drug-likeness (QED) is 0.576. The Morgan fingerprint density at radius 1 is 0.938 bits per heavy atom. The van der Waals surface area contributed by atoms with Crippen LogP contribution in [-0.2, 0) is 16.1 Å². The molecule has 0 aliphatic heterocycles. The molecular formula is C25H31N3O4. The van der Waals surface area contributed by atoms with Crippen molar-refractivity contribution in [1.82, 2.24) is 10.6 Å². The van der Waals surface area contributed by atoms with Gasteiger partial charge in [0, 0.05) is 12.6 Å². The minimum Gasteiger partial charge on any atom is -0.497 e. The van der Waals surface area contributed by atoms with E-state index in [0.29, 0.717) is 23.7 Å². The molecule has 7 nitrogen and oxygen atoms in total. The lowest BCUT2D eigenvalue weighted by atomic mass is 9.84. The van der Waals surface area contributed by atoms with Crippen LogP contribution >= 0.6 is 0 Å². The largest absolute Gasteiger partial charge is 0.497 e. The zero-order valence-corrected chi connectivity index (χ0v) is 18.6. The van der Waals surface area contributed by atoms with E-state index in [-0.39, 0.29) is 11.9 Å². The summed E-state index contributed by atoms with van der Waals surface area (Å²) in [5.74, 6) is -0.323. The van der Waals surface area contributed by atoms with Gasteiger partial charge in [-0.2, -0.15) is 0 Å². The highest BCUT2D eigenvalue weighted by molar-refractivity contribution is 6.40. The Kier molecular flexibility index (Phi) is 8.25. The molecule has 0 saturated heterocycles. The number of amides is 3. The highest BCUT2D eigenvalue weighted by Gasteiger charge is 2.24. The summed E-state index contributed by atoms with van der Waals surface area (Å²) in [6.45, 7) is 2.51. The van der Waals surface area contributed by atoms with E-state index in [1.54, 1.807) is 31.4 Å². The molecule has 0 bridgehead atoms. The topological polar surface area (TPSA) is 96.5 Å². The number of carbonyl (C=O) groups excluding carboxylic acids is 3. The first-order valence-electron chi connectivity index (χ1n) is 11.1. The van der Waals surface area contributed by atoms with Gasteiger partial charge in [-0.25, -0.2) is 0 Å². The first-order chi connectivity index (χ1) is 15.5. The number of nitrogens with one attached hydrogen (secondary N) is 3. The van der Waals surface area contributed by atoms with Crippen molar-refractivity contribution in [3.63, 3.8) is 0 Å². The van der Waals surface area contributed by atoms with Crippen molar-refractivity contribution in [2.24, 2.45) is 5.92 Å². The standard InChI is InChI=1S/C25H31N3O4/c1-3-17-8-12-19(13-9-17)27-24(30)25(31)28-22-7-5-4-6-21(22)23(29)26-16-18-10-14-20(32-2)15-11-18/h4-7,10-11,14-15,17,19H,3,8-9,12-13,16H2,1-2H3,(H,26,29)(H,27,30)(H,28,31). The van der Waals surface area contributed by atoms with E-state index in [1.807, 2.05) is 24.3 Å². The number of ether oxygens (including phenoxy) is 1. The van der Waals surface area contributed by atoms with Crippen molar-refractivity contribution in [1.29, 1.82) is 0 Å². The van der Waals surface area contributed by atoms with Crippen LogP contribution in [0.3, 0.4) is 0 Å². The van der Waals surface area contributed by atoms with Gasteiger partial charge in [0.2, 0.25) is 0 Å². The van der Waals surface area contributed by atoms with E-state index in [2.05, 4.69) is 22.9 Å². The van der Waals surface area contributed by atoms with E-state index in [4.69, 9.17) is 4.74 Å². The van der Waals surface area contributed by atoms with Gasteiger partial charge < -0.3 is 20.7 Å². The van der Waals surface area contributed by atoms with Crippen molar-refractivity contribution >= 4 is 23.4 Å². The lowest BCUT2D eigenvalue weighted by molar-refractivity contribution is -0.136. The van der Waals surface area contributed by atoms with Crippen LogP contribution in [0.2, 0.25) is 0 Å². The van der Waals surface area contributed by atoms with Crippen LogP contribution in [0.4, 0.5) is 5.69 Å². The minimum absolute atomic E-state index is 0.0269. The first-order valence-corrected chi connectivity index (χ1v) is 11.1. The summed E-state index contributed by atoms with van der Waals surface area (Å²) < 4.78 is 5.13. The molecule has 7 heteroatoms. The number of hydrogen-bond acceptors (Lipinski definition) is 4. The molecule has 1 aliphatic rings. The summed E-state index contributed by atoms with van der Waals surface area (Å²) in [7, 11) is 1.60. The van der Waals surface area contributed by atoms with Crippen molar-refractivity contribution in [2.45, 2.75) is 51.6 Å². The molecule has 0 atom stereocenters. The van der Waals surface area contributed by atoms with Crippen LogP contribution in [0.5, 0.6) is 5.75 Å². The lowest BCUT2D eigenvalue weighted by Crippen LogP contribution is -2.43. The molecule has 1 aliphatic carbocycles. The highest BCUT2D eigenvalue weighted by atomic mass is 16.5.